The van der Waals surface area contributed by atoms with Crippen LogP contribution in [0.4, 0.5) is 0 Å². The number of rotatable bonds is 4. The van der Waals surface area contributed by atoms with Crippen LogP contribution in [0.3, 0.4) is 0 Å². The minimum atomic E-state index is 0.382. The van der Waals surface area contributed by atoms with E-state index in [1.54, 1.807) is 13.2 Å². The Bertz CT molecular complexity index is 660. The Hall–Kier alpha value is -2.47. The van der Waals surface area contributed by atoms with Crippen LogP contribution in [0.1, 0.15) is 5.76 Å². The van der Waals surface area contributed by atoms with Gasteiger partial charge in [0.15, 0.2) is 23.1 Å². The van der Waals surface area contributed by atoms with Gasteiger partial charge < -0.3 is 9.26 Å². The van der Waals surface area contributed by atoms with E-state index >= 15 is 0 Å². The highest BCUT2D eigenvalue weighted by molar-refractivity contribution is 5.58. The fourth-order valence-corrected chi connectivity index (χ4v) is 1.73. The van der Waals surface area contributed by atoms with Gasteiger partial charge in [0.1, 0.15) is 6.61 Å². The van der Waals surface area contributed by atoms with Crippen molar-refractivity contribution < 1.29 is 9.26 Å². The summed E-state index contributed by atoms with van der Waals surface area (Å²) in [5.74, 6) is 1.85. The Morgan fingerprint density at radius 3 is 2.89 bits per heavy atom. The van der Waals surface area contributed by atoms with Crippen LogP contribution in [-0.4, -0.2) is 27.4 Å². The van der Waals surface area contributed by atoms with Gasteiger partial charge in [-0.1, -0.05) is 35.5 Å². The van der Waals surface area contributed by atoms with Gasteiger partial charge in [0.2, 0.25) is 0 Å². The lowest BCUT2D eigenvalue weighted by molar-refractivity contribution is 0.156. The summed E-state index contributed by atoms with van der Waals surface area (Å²) in [7, 11) is 1.60. The van der Waals surface area contributed by atoms with Crippen LogP contribution >= 0.6 is 0 Å². The van der Waals surface area contributed by atoms with E-state index in [1.165, 1.54) is 0 Å². The first kappa shape index (κ1) is 11.6. The highest BCUT2D eigenvalue weighted by atomic mass is 16.5. The molecule has 2 aromatic heterocycles. The Balaban J connectivity index is 1.88. The second-order valence-corrected chi connectivity index (χ2v) is 3.99. The first-order valence-electron chi connectivity index (χ1n) is 5.79. The molecular formula is C13H12N4O2. The molecule has 3 aromatic rings. The van der Waals surface area contributed by atoms with Crippen molar-refractivity contribution in [3.63, 3.8) is 0 Å². The van der Waals surface area contributed by atoms with Crippen molar-refractivity contribution in [2.75, 3.05) is 7.11 Å². The lowest BCUT2D eigenvalue weighted by Crippen LogP contribution is -1.82. The van der Waals surface area contributed by atoms with Crippen molar-refractivity contribution in [3.8, 4) is 22.9 Å². The van der Waals surface area contributed by atoms with E-state index in [0.717, 1.165) is 5.56 Å². The van der Waals surface area contributed by atoms with Crippen LogP contribution in [0.5, 0.6) is 0 Å². The molecule has 0 aliphatic rings. The quantitative estimate of drug-likeness (QED) is 0.774. The van der Waals surface area contributed by atoms with E-state index in [9.17, 15) is 0 Å². The maximum Gasteiger partial charge on any atom is 0.181 e. The minimum absolute atomic E-state index is 0.382. The van der Waals surface area contributed by atoms with Gasteiger partial charge in [-0.3, -0.25) is 5.10 Å². The number of nitrogens with zero attached hydrogens (tertiary/aromatic N) is 3. The van der Waals surface area contributed by atoms with Crippen LogP contribution in [0.15, 0.2) is 40.9 Å². The molecule has 0 unspecified atom stereocenters. The molecule has 0 radical (unpaired) electrons. The standard InChI is InChI=1S/C13H12N4O2/c1-18-8-10-7-11(17-19-10)13-14-12(15-16-13)9-5-3-2-4-6-9/h2-7H,8H2,1H3,(H,14,15,16). The largest absolute Gasteiger partial charge is 0.377 e. The number of H-pyrrole nitrogens is 1. The molecule has 6 heteroatoms. The third-order valence-corrected chi connectivity index (χ3v) is 2.61. The zero-order valence-corrected chi connectivity index (χ0v) is 10.3. The number of methoxy groups -OCH3 is 1. The van der Waals surface area contributed by atoms with E-state index in [4.69, 9.17) is 9.26 Å². The molecule has 96 valence electrons. The van der Waals surface area contributed by atoms with Crippen molar-refractivity contribution >= 4 is 0 Å². The van der Waals surface area contributed by atoms with Gasteiger partial charge in [-0.05, 0) is 0 Å². The van der Waals surface area contributed by atoms with Crippen molar-refractivity contribution in [3.05, 3.63) is 42.2 Å². The van der Waals surface area contributed by atoms with Crippen molar-refractivity contribution in [2.24, 2.45) is 0 Å². The summed E-state index contributed by atoms with van der Waals surface area (Å²) in [6.07, 6.45) is 0. The molecule has 3 rings (SSSR count). The first-order chi connectivity index (χ1) is 9.36. The summed E-state index contributed by atoms with van der Waals surface area (Å²) in [6.45, 7) is 0.382. The van der Waals surface area contributed by atoms with Gasteiger partial charge in [-0.2, -0.15) is 5.10 Å². The zero-order valence-electron chi connectivity index (χ0n) is 10.3. The number of hydrogen-bond donors (Lipinski definition) is 1. The molecule has 0 spiro atoms. The summed E-state index contributed by atoms with van der Waals surface area (Å²) in [6, 6.07) is 11.5. The Labute approximate surface area is 109 Å². The lowest BCUT2D eigenvalue weighted by Gasteiger charge is -1.91. The highest BCUT2D eigenvalue weighted by Crippen LogP contribution is 2.19. The van der Waals surface area contributed by atoms with E-state index in [1.807, 2.05) is 30.3 Å². The predicted molar refractivity (Wildman–Crippen MR) is 68.0 cm³/mol. The lowest BCUT2D eigenvalue weighted by atomic mass is 10.2. The molecule has 19 heavy (non-hydrogen) atoms. The SMILES string of the molecule is COCc1cc(-c2nc(-c3ccccc3)n[nH]2)no1. The minimum Gasteiger partial charge on any atom is -0.377 e. The fourth-order valence-electron chi connectivity index (χ4n) is 1.73. The molecule has 0 aliphatic heterocycles. The van der Waals surface area contributed by atoms with E-state index in [0.29, 0.717) is 29.7 Å². The molecule has 0 aliphatic carbocycles. The second kappa shape index (κ2) is 5.03. The Kier molecular flexibility index (Phi) is 3.07. The average molecular weight is 256 g/mol. The number of hydrogen-bond acceptors (Lipinski definition) is 5. The maximum atomic E-state index is 5.11. The molecule has 6 nitrogen and oxygen atoms in total. The van der Waals surface area contributed by atoms with Crippen molar-refractivity contribution in [1.29, 1.82) is 0 Å². The molecule has 1 aromatic carbocycles. The third kappa shape index (κ3) is 2.38. The molecular weight excluding hydrogens is 244 g/mol. The fraction of sp³-hybridized carbons (Fsp3) is 0.154. The monoisotopic (exact) mass is 256 g/mol. The van der Waals surface area contributed by atoms with Gasteiger partial charge in [-0.25, -0.2) is 4.98 Å². The second-order valence-electron chi connectivity index (χ2n) is 3.99. The average Bonchev–Trinajstić information content (AvgIpc) is 3.08. The summed E-state index contributed by atoms with van der Waals surface area (Å²) in [5, 5.41) is 10.9. The van der Waals surface area contributed by atoms with Crippen LogP contribution in [0.2, 0.25) is 0 Å². The molecule has 0 atom stereocenters. The van der Waals surface area contributed by atoms with Crippen LogP contribution in [0.25, 0.3) is 22.9 Å². The number of aromatic amines is 1. The summed E-state index contributed by atoms with van der Waals surface area (Å²) in [5.41, 5.74) is 1.56. The first-order valence-corrected chi connectivity index (χ1v) is 5.79. The van der Waals surface area contributed by atoms with E-state index in [-0.39, 0.29) is 0 Å². The Morgan fingerprint density at radius 2 is 2.11 bits per heavy atom. The zero-order chi connectivity index (χ0) is 13.1. The van der Waals surface area contributed by atoms with Crippen LogP contribution in [-0.2, 0) is 11.3 Å². The van der Waals surface area contributed by atoms with Gasteiger partial charge >= 0.3 is 0 Å². The summed E-state index contributed by atoms with van der Waals surface area (Å²) in [4.78, 5) is 4.39. The normalized spacial score (nSPS) is 10.8. The summed E-state index contributed by atoms with van der Waals surface area (Å²) >= 11 is 0. The topological polar surface area (TPSA) is 76.8 Å². The van der Waals surface area contributed by atoms with E-state index < -0.39 is 0 Å². The molecule has 0 fully saturated rings. The highest BCUT2D eigenvalue weighted by Gasteiger charge is 2.12. The number of benzene rings is 1. The predicted octanol–water partition coefficient (Wildman–Crippen LogP) is 2.27. The number of ether oxygens (including phenoxy) is 1. The van der Waals surface area contributed by atoms with Crippen LogP contribution in [0, 0.1) is 0 Å². The van der Waals surface area contributed by atoms with Crippen molar-refractivity contribution in [2.45, 2.75) is 6.61 Å². The smallest absolute Gasteiger partial charge is 0.181 e. The van der Waals surface area contributed by atoms with Crippen LogP contribution < -0.4 is 0 Å². The Morgan fingerprint density at radius 1 is 1.26 bits per heavy atom. The molecule has 0 amide bonds. The number of nitrogens with one attached hydrogen (secondary N) is 1. The molecule has 0 bridgehead atoms. The maximum absolute atomic E-state index is 5.11. The van der Waals surface area contributed by atoms with Gasteiger partial charge in [0, 0.05) is 18.7 Å². The number of aromatic nitrogens is 4. The molecule has 1 N–H and O–H groups in total. The third-order valence-electron chi connectivity index (χ3n) is 2.61. The summed E-state index contributed by atoms with van der Waals surface area (Å²) < 4.78 is 10.1. The molecule has 0 saturated heterocycles. The van der Waals surface area contributed by atoms with Crippen molar-refractivity contribution in [1.82, 2.24) is 20.3 Å². The molecule has 2 heterocycles. The van der Waals surface area contributed by atoms with Gasteiger partial charge in [0.25, 0.3) is 0 Å². The van der Waals surface area contributed by atoms with Gasteiger partial charge in [-0.15, -0.1) is 0 Å². The molecule has 0 saturated carbocycles. The van der Waals surface area contributed by atoms with Gasteiger partial charge in [0.05, 0.1) is 0 Å². The van der Waals surface area contributed by atoms with E-state index in [2.05, 4.69) is 20.3 Å².